The van der Waals surface area contributed by atoms with Gasteiger partial charge in [-0.3, -0.25) is 9.59 Å². The van der Waals surface area contributed by atoms with Gasteiger partial charge in [-0.25, -0.2) is 9.78 Å². The average Bonchev–Trinajstić information content (AvgIpc) is 2.92. The zero-order valence-corrected chi connectivity index (χ0v) is 25.1. The lowest BCUT2D eigenvalue weighted by molar-refractivity contribution is -0.151. The number of methoxy groups -OCH3 is 1. The number of hydrogen-bond acceptors (Lipinski definition) is 8. The molecule has 0 saturated heterocycles. The minimum atomic E-state index is -1.04. The summed E-state index contributed by atoms with van der Waals surface area (Å²) in [7, 11) is 1.39. The van der Waals surface area contributed by atoms with Crippen LogP contribution in [0.25, 0.3) is 0 Å². The van der Waals surface area contributed by atoms with Crippen molar-refractivity contribution in [2.45, 2.75) is 52.7 Å². The molecule has 41 heavy (non-hydrogen) atoms. The van der Waals surface area contributed by atoms with Crippen LogP contribution in [0.1, 0.15) is 59.4 Å². The van der Waals surface area contributed by atoms with Crippen LogP contribution in [-0.4, -0.2) is 48.9 Å². The first-order valence-electron chi connectivity index (χ1n) is 12.8. The maximum atomic E-state index is 13.2. The number of rotatable bonds is 11. The van der Waals surface area contributed by atoms with Crippen LogP contribution < -0.4 is 14.8 Å². The third-order valence-corrected chi connectivity index (χ3v) is 7.17. The maximum absolute atomic E-state index is 13.2. The second-order valence-electron chi connectivity index (χ2n) is 9.42. The van der Waals surface area contributed by atoms with E-state index in [0.29, 0.717) is 10.0 Å². The van der Waals surface area contributed by atoms with Crippen molar-refractivity contribution in [3.8, 4) is 11.5 Å². The van der Waals surface area contributed by atoms with Crippen molar-refractivity contribution in [3.05, 3.63) is 86.7 Å². The summed E-state index contributed by atoms with van der Waals surface area (Å²) >= 11 is 12.5. The molecular formula is C30H32Cl2N2O7. The third kappa shape index (κ3) is 8.11. The molecule has 0 radical (unpaired) electrons. The zero-order valence-electron chi connectivity index (χ0n) is 23.6. The Morgan fingerprint density at radius 3 is 2.05 bits per heavy atom. The van der Waals surface area contributed by atoms with E-state index in [4.69, 9.17) is 42.1 Å². The summed E-state index contributed by atoms with van der Waals surface area (Å²) < 4.78 is 21.4. The first-order chi connectivity index (χ1) is 19.4. The molecule has 218 valence electrons. The van der Waals surface area contributed by atoms with Gasteiger partial charge in [-0.15, -0.1) is 0 Å². The second-order valence-corrected chi connectivity index (χ2v) is 10.2. The molecule has 2 aromatic carbocycles. The standard InChI is InChI=1S/C30H32Cl2N2O7/c1-16-13-21(7-9-23(16)31)26(22-8-10-24(32)17(2)14-22)19(4)41-30(37)18(3)34-29(36)27-28(40-15-39-20(5)35)25(38-6)11-12-33-27/h7-14,18-19,26H,15H2,1-6H3,(H,34,36)/t18-,19-/m0/s1. The molecule has 1 N–H and O–H groups in total. The number of halogens is 2. The Labute approximate surface area is 249 Å². The van der Waals surface area contributed by atoms with Crippen molar-refractivity contribution in [2.24, 2.45) is 0 Å². The van der Waals surface area contributed by atoms with E-state index in [2.05, 4.69) is 10.3 Å². The number of pyridine rings is 1. The Morgan fingerprint density at radius 2 is 1.54 bits per heavy atom. The fourth-order valence-corrected chi connectivity index (χ4v) is 4.43. The Bertz CT molecular complexity index is 1380. The van der Waals surface area contributed by atoms with Crippen LogP contribution in [-0.2, 0) is 19.1 Å². The summed E-state index contributed by atoms with van der Waals surface area (Å²) in [5.74, 6) is -2.12. The van der Waals surface area contributed by atoms with Gasteiger partial charge >= 0.3 is 11.9 Å². The van der Waals surface area contributed by atoms with Crippen LogP contribution in [0.3, 0.4) is 0 Å². The lowest BCUT2D eigenvalue weighted by Crippen LogP contribution is -2.41. The summed E-state index contributed by atoms with van der Waals surface area (Å²) in [6.45, 7) is 7.86. The number of carbonyl (C=O) groups excluding carboxylic acids is 3. The number of aryl methyl sites for hydroxylation is 2. The van der Waals surface area contributed by atoms with Crippen LogP contribution >= 0.6 is 23.2 Å². The van der Waals surface area contributed by atoms with Crippen LogP contribution in [0, 0.1) is 13.8 Å². The van der Waals surface area contributed by atoms with E-state index in [-0.39, 0.29) is 23.1 Å². The van der Waals surface area contributed by atoms with Gasteiger partial charge in [0.15, 0.2) is 17.2 Å². The van der Waals surface area contributed by atoms with Gasteiger partial charge in [0, 0.05) is 35.2 Å². The van der Waals surface area contributed by atoms with Crippen molar-refractivity contribution in [2.75, 3.05) is 13.9 Å². The highest BCUT2D eigenvalue weighted by Crippen LogP contribution is 2.34. The van der Waals surface area contributed by atoms with E-state index in [1.807, 2.05) is 50.2 Å². The molecule has 0 bridgehead atoms. The molecule has 0 fully saturated rings. The van der Waals surface area contributed by atoms with Crippen molar-refractivity contribution in [1.82, 2.24) is 10.3 Å². The highest BCUT2D eigenvalue weighted by Gasteiger charge is 2.29. The van der Waals surface area contributed by atoms with E-state index in [0.717, 1.165) is 22.3 Å². The second kappa shape index (κ2) is 14.2. The quantitative estimate of drug-likeness (QED) is 0.216. The van der Waals surface area contributed by atoms with Gasteiger partial charge in [-0.1, -0.05) is 47.5 Å². The smallest absolute Gasteiger partial charge is 0.328 e. The molecule has 3 aromatic rings. The molecule has 3 rings (SSSR count). The SMILES string of the molecule is COc1ccnc(C(=O)N[C@@H](C)C(=O)O[C@@H](C)C(c2ccc(Cl)c(C)c2)c2ccc(Cl)c(C)c2)c1OCOC(C)=O. The monoisotopic (exact) mass is 602 g/mol. The number of hydrogen-bond donors (Lipinski definition) is 1. The molecule has 0 spiro atoms. The van der Waals surface area contributed by atoms with E-state index in [9.17, 15) is 14.4 Å². The van der Waals surface area contributed by atoms with E-state index in [1.54, 1.807) is 6.92 Å². The van der Waals surface area contributed by atoms with Gasteiger partial charge < -0.3 is 24.3 Å². The van der Waals surface area contributed by atoms with Gasteiger partial charge in [0.25, 0.3) is 5.91 Å². The minimum absolute atomic E-state index is 0.0426. The molecule has 0 unspecified atom stereocenters. The molecule has 9 nitrogen and oxygen atoms in total. The fraction of sp³-hybridized carbons (Fsp3) is 0.333. The number of ether oxygens (including phenoxy) is 4. The Kier molecular flexibility index (Phi) is 11.0. The number of nitrogens with zero attached hydrogens (tertiary/aromatic N) is 1. The van der Waals surface area contributed by atoms with Crippen LogP contribution in [0.15, 0.2) is 48.7 Å². The first kappa shape index (κ1) is 31.7. The molecule has 0 aliphatic carbocycles. The third-order valence-electron chi connectivity index (χ3n) is 6.32. The van der Waals surface area contributed by atoms with Gasteiger partial charge in [0.1, 0.15) is 12.1 Å². The molecule has 1 heterocycles. The number of aromatic nitrogens is 1. The molecule has 0 saturated carbocycles. The summed E-state index contributed by atoms with van der Waals surface area (Å²) in [6, 6.07) is 11.8. The molecule has 1 aromatic heterocycles. The average molecular weight is 603 g/mol. The van der Waals surface area contributed by atoms with Crippen LogP contribution in [0.2, 0.25) is 10.0 Å². The largest absolute Gasteiger partial charge is 0.493 e. The molecular weight excluding hydrogens is 571 g/mol. The van der Waals surface area contributed by atoms with Crippen molar-refractivity contribution >= 4 is 41.0 Å². The lowest BCUT2D eigenvalue weighted by Gasteiger charge is -2.27. The highest BCUT2D eigenvalue weighted by atomic mass is 35.5. The predicted octanol–water partition coefficient (Wildman–Crippen LogP) is 5.80. The molecule has 1 amide bonds. The summed E-state index contributed by atoms with van der Waals surface area (Å²) in [5.41, 5.74) is 3.42. The van der Waals surface area contributed by atoms with Gasteiger partial charge in [0.05, 0.1) is 7.11 Å². The zero-order chi connectivity index (χ0) is 30.3. The maximum Gasteiger partial charge on any atom is 0.328 e. The lowest BCUT2D eigenvalue weighted by atomic mass is 9.86. The molecule has 2 atom stereocenters. The number of nitrogens with one attached hydrogen (secondary N) is 1. The fourth-order valence-electron chi connectivity index (χ4n) is 4.20. The highest BCUT2D eigenvalue weighted by molar-refractivity contribution is 6.31. The van der Waals surface area contributed by atoms with Crippen molar-refractivity contribution in [1.29, 1.82) is 0 Å². The minimum Gasteiger partial charge on any atom is -0.493 e. The number of amides is 1. The summed E-state index contributed by atoms with van der Waals surface area (Å²) in [5, 5.41) is 3.85. The van der Waals surface area contributed by atoms with Crippen LogP contribution in [0.4, 0.5) is 0 Å². The summed E-state index contributed by atoms with van der Waals surface area (Å²) in [4.78, 5) is 41.5. The molecule has 0 aliphatic heterocycles. The van der Waals surface area contributed by atoms with Crippen molar-refractivity contribution in [3.63, 3.8) is 0 Å². The topological polar surface area (TPSA) is 113 Å². The Morgan fingerprint density at radius 1 is 0.951 bits per heavy atom. The van der Waals surface area contributed by atoms with E-state index in [1.165, 1.54) is 33.2 Å². The van der Waals surface area contributed by atoms with Gasteiger partial charge in [-0.2, -0.15) is 0 Å². The number of carbonyl (C=O) groups is 3. The van der Waals surface area contributed by atoms with Gasteiger partial charge in [0.2, 0.25) is 6.79 Å². The van der Waals surface area contributed by atoms with Gasteiger partial charge in [-0.05, 0) is 62.1 Å². The molecule has 0 aliphatic rings. The first-order valence-corrected chi connectivity index (χ1v) is 13.5. The van der Waals surface area contributed by atoms with Crippen molar-refractivity contribution < 1.29 is 33.3 Å². The predicted molar refractivity (Wildman–Crippen MR) is 155 cm³/mol. The summed E-state index contributed by atoms with van der Waals surface area (Å²) in [6.07, 6.45) is 0.727. The van der Waals surface area contributed by atoms with E-state index < -0.39 is 36.8 Å². The Hall–Kier alpha value is -3.82. The number of benzene rings is 2. The number of esters is 2. The van der Waals surface area contributed by atoms with Crippen LogP contribution in [0.5, 0.6) is 11.5 Å². The normalized spacial score (nSPS) is 12.3. The van der Waals surface area contributed by atoms with E-state index >= 15 is 0 Å². The molecule has 11 heteroatoms. The Balaban J connectivity index is 1.80.